The molecule has 1 heterocycles. The summed E-state index contributed by atoms with van der Waals surface area (Å²) in [4.78, 5) is 25.8. The van der Waals surface area contributed by atoms with Crippen molar-refractivity contribution in [1.82, 2.24) is 15.6 Å². The largest absolute Gasteiger partial charge is 0.350 e. The minimum Gasteiger partial charge on any atom is -0.350 e. The maximum Gasteiger partial charge on any atom is 0.260 e. The molecule has 0 unspecified atom stereocenters. The van der Waals surface area contributed by atoms with Crippen LogP contribution in [0.2, 0.25) is 0 Å². The van der Waals surface area contributed by atoms with Crippen LogP contribution >= 0.6 is 12.4 Å². The minimum absolute atomic E-state index is 0. The molecule has 5 nitrogen and oxygen atoms in total. The SMILES string of the molecule is CCN[C@H](C)CNC(=O)c1ccc(C)[nH]c1=O.Cl. The number of hydrogen-bond donors (Lipinski definition) is 3. The number of aromatic amines is 1. The van der Waals surface area contributed by atoms with Gasteiger partial charge in [-0.3, -0.25) is 9.59 Å². The third-order valence-electron chi connectivity index (χ3n) is 2.42. The van der Waals surface area contributed by atoms with Gasteiger partial charge < -0.3 is 15.6 Å². The highest BCUT2D eigenvalue weighted by molar-refractivity contribution is 5.93. The topological polar surface area (TPSA) is 74.0 Å². The van der Waals surface area contributed by atoms with Crippen LogP contribution in [0.15, 0.2) is 16.9 Å². The van der Waals surface area contributed by atoms with Gasteiger partial charge in [-0.2, -0.15) is 0 Å². The number of amides is 1. The van der Waals surface area contributed by atoms with Crippen LogP contribution < -0.4 is 16.2 Å². The molecule has 0 bridgehead atoms. The van der Waals surface area contributed by atoms with Gasteiger partial charge in [-0.15, -0.1) is 12.4 Å². The van der Waals surface area contributed by atoms with Crippen molar-refractivity contribution in [2.45, 2.75) is 26.8 Å². The van der Waals surface area contributed by atoms with E-state index in [4.69, 9.17) is 0 Å². The molecule has 0 spiro atoms. The molecule has 0 radical (unpaired) electrons. The average Bonchev–Trinajstić information content (AvgIpc) is 2.26. The molecule has 3 N–H and O–H groups in total. The van der Waals surface area contributed by atoms with E-state index >= 15 is 0 Å². The lowest BCUT2D eigenvalue weighted by Crippen LogP contribution is -2.40. The molecule has 18 heavy (non-hydrogen) atoms. The van der Waals surface area contributed by atoms with Crippen molar-refractivity contribution < 1.29 is 4.79 Å². The molecular formula is C12H20ClN3O2. The van der Waals surface area contributed by atoms with Crippen molar-refractivity contribution in [3.63, 3.8) is 0 Å². The number of aryl methyl sites for hydroxylation is 1. The van der Waals surface area contributed by atoms with E-state index in [1.54, 1.807) is 19.1 Å². The Morgan fingerprint density at radius 3 is 2.67 bits per heavy atom. The van der Waals surface area contributed by atoms with E-state index in [2.05, 4.69) is 15.6 Å². The highest BCUT2D eigenvalue weighted by atomic mass is 35.5. The van der Waals surface area contributed by atoms with Gasteiger partial charge in [0.2, 0.25) is 0 Å². The summed E-state index contributed by atoms with van der Waals surface area (Å²) in [6, 6.07) is 3.44. The van der Waals surface area contributed by atoms with Gasteiger partial charge in [0.25, 0.3) is 11.5 Å². The van der Waals surface area contributed by atoms with Crippen LogP contribution in [-0.4, -0.2) is 30.0 Å². The number of carbonyl (C=O) groups is 1. The Bertz CT molecular complexity index is 445. The Hall–Kier alpha value is -1.33. The summed E-state index contributed by atoms with van der Waals surface area (Å²) in [6.07, 6.45) is 0. The first-order valence-corrected chi connectivity index (χ1v) is 5.76. The first-order valence-electron chi connectivity index (χ1n) is 5.76. The maximum atomic E-state index is 11.7. The van der Waals surface area contributed by atoms with Crippen molar-refractivity contribution in [3.8, 4) is 0 Å². The average molecular weight is 274 g/mol. The fourth-order valence-corrected chi connectivity index (χ4v) is 1.51. The smallest absolute Gasteiger partial charge is 0.260 e. The fourth-order valence-electron chi connectivity index (χ4n) is 1.51. The van der Waals surface area contributed by atoms with E-state index < -0.39 is 0 Å². The van der Waals surface area contributed by atoms with Crippen molar-refractivity contribution >= 4 is 18.3 Å². The highest BCUT2D eigenvalue weighted by Crippen LogP contribution is 1.93. The summed E-state index contributed by atoms with van der Waals surface area (Å²) in [5, 5.41) is 5.90. The first-order chi connectivity index (χ1) is 8.04. The first kappa shape index (κ1) is 16.7. The second kappa shape index (κ2) is 7.89. The molecule has 0 saturated carbocycles. The quantitative estimate of drug-likeness (QED) is 0.744. The number of carbonyl (C=O) groups excluding carboxylic acids is 1. The van der Waals surface area contributed by atoms with Crippen molar-refractivity contribution in [1.29, 1.82) is 0 Å². The molecule has 0 aliphatic rings. The summed E-state index contributed by atoms with van der Waals surface area (Å²) in [5.41, 5.74) is 0.547. The van der Waals surface area contributed by atoms with Gasteiger partial charge in [-0.25, -0.2) is 0 Å². The van der Waals surface area contributed by atoms with E-state index in [1.165, 1.54) is 0 Å². The van der Waals surface area contributed by atoms with E-state index in [1.807, 2.05) is 13.8 Å². The van der Waals surface area contributed by atoms with Crippen molar-refractivity contribution in [2.24, 2.45) is 0 Å². The van der Waals surface area contributed by atoms with E-state index in [-0.39, 0.29) is 35.5 Å². The monoisotopic (exact) mass is 273 g/mol. The summed E-state index contributed by atoms with van der Waals surface area (Å²) >= 11 is 0. The second-order valence-electron chi connectivity index (χ2n) is 4.05. The zero-order chi connectivity index (χ0) is 12.8. The van der Waals surface area contributed by atoms with Crippen molar-refractivity contribution in [3.05, 3.63) is 33.7 Å². The number of aromatic nitrogens is 1. The highest BCUT2D eigenvalue weighted by Gasteiger charge is 2.10. The number of rotatable bonds is 5. The molecule has 0 fully saturated rings. The Balaban J connectivity index is 0.00000289. The van der Waals surface area contributed by atoms with Crippen LogP contribution in [0.1, 0.15) is 29.9 Å². The van der Waals surface area contributed by atoms with Gasteiger partial charge in [0.05, 0.1) is 0 Å². The molecule has 1 aromatic rings. The number of nitrogens with one attached hydrogen (secondary N) is 3. The van der Waals surface area contributed by atoms with Crippen LogP contribution in [0.25, 0.3) is 0 Å². The number of pyridine rings is 1. The maximum absolute atomic E-state index is 11.7. The molecular weight excluding hydrogens is 254 g/mol. The molecule has 1 rings (SSSR count). The van der Waals surface area contributed by atoms with Crippen LogP contribution in [0.5, 0.6) is 0 Å². The Kier molecular flexibility index (Phi) is 7.31. The number of H-pyrrole nitrogens is 1. The van der Waals surface area contributed by atoms with Gasteiger partial charge in [-0.05, 0) is 32.5 Å². The standard InChI is InChI=1S/C12H19N3O2.ClH/c1-4-13-9(3)7-14-11(16)10-6-5-8(2)15-12(10)17;/h5-6,9,13H,4,7H2,1-3H3,(H,14,16)(H,15,17);1H/t9-;/m1./s1. The molecule has 0 saturated heterocycles. The second-order valence-corrected chi connectivity index (χ2v) is 4.05. The van der Waals surface area contributed by atoms with E-state index in [0.29, 0.717) is 6.54 Å². The van der Waals surface area contributed by atoms with Gasteiger partial charge >= 0.3 is 0 Å². The third kappa shape index (κ3) is 4.89. The lowest BCUT2D eigenvalue weighted by Gasteiger charge is -2.12. The lowest BCUT2D eigenvalue weighted by atomic mass is 10.2. The minimum atomic E-state index is -0.349. The predicted molar refractivity (Wildman–Crippen MR) is 74.5 cm³/mol. The van der Waals surface area contributed by atoms with Crippen molar-refractivity contribution in [2.75, 3.05) is 13.1 Å². The van der Waals surface area contributed by atoms with E-state index in [0.717, 1.165) is 12.2 Å². The fraction of sp³-hybridized carbons (Fsp3) is 0.500. The molecule has 1 amide bonds. The molecule has 0 aliphatic carbocycles. The molecule has 1 aromatic heterocycles. The molecule has 102 valence electrons. The Morgan fingerprint density at radius 1 is 1.44 bits per heavy atom. The number of hydrogen-bond acceptors (Lipinski definition) is 3. The van der Waals surface area contributed by atoms with Gasteiger partial charge in [0.15, 0.2) is 0 Å². The van der Waals surface area contributed by atoms with E-state index in [9.17, 15) is 9.59 Å². The Morgan fingerprint density at radius 2 is 2.11 bits per heavy atom. The molecule has 1 atom stereocenters. The summed E-state index contributed by atoms with van der Waals surface area (Å²) in [7, 11) is 0. The molecule has 0 aromatic carbocycles. The lowest BCUT2D eigenvalue weighted by molar-refractivity contribution is 0.0948. The summed E-state index contributed by atoms with van der Waals surface area (Å²) < 4.78 is 0. The molecule has 0 aliphatic heterocycles. The number of halogens is 1. The Labute approximate surface area is 113 Å². The summed E-state index contributed by atoms with van der Waals surface area (Å²) in [5.74, 6) is -0.337. The molecule has 6 heteroatoms. The van der Waals surface area contributed by atoms with Gasteiger partial charge in [0.1, 0.15) is 5.56 Å². The van der Waals surface area contributed by atoms with Crippen LogP contribution in [0, 0.1) is 6.92 Å². The van der Waals surface area contributed by atoms with Crippen LogP contribution in [0.4, 0.5) is 0 Å². The van der Waals surface area contributed by atoms with Gasteiger partial charge in [-0.1, -0.05) is 6.92 Å². The van der Waals surface area contributed by atoms with Crippen LogP contribution in [-0.2, 0) is 0 Å². The van der Waals surface area contributed by atoms with Gasteiger partial charge in [0, 0.05) is 18.3 Å². The normalized spacial score (nSPS) is 11.5. The van der Waals surface area contributed by atoms with Crippen LogP contribution in [0.3, 0.4) is 0 Å². The zero-order valence-electron chi connectivity index (χ0n) is 10.9. The number of likely N-dealkylation sites (N-methyl/N-ethyl adjacent to an activating group) is 1. The zero-order valence-corrected chi connectivity index (χ0v) is 11.7. The third-order valence-corrected chi connectivity index (χ3v) is 2.42. The summed E-state index contributed by atoms with van der Waals surface area (Å²) in [6.45, 7) is 7.10. The predicted octanol–water partition coefficient (Wildman–Crippen LogP) is 0.833.